The Labute approximate surface area is 188 Å². The third-order valence-corrected chi connectivity index (χ3v) is 5.85. The molecule has 0 aliphatic carbocycles. The van der Waals surface area contributed by atoms with Crippen molar-refractivity contribution in [1.29, 1.82) is 0 Å². The molecule has 0 radical (unpaired) electrons. The number of nitrogens with zero attached hydrogens (tertiary/aromatic N) is 1. The van der Waals surface area contributed by atoms with E-state index in [1.165, 1.54) is 22.3 Å². The van der Waals surface area contributed by atoms with Gasteiger partial charge in [-0.3, -0.25) is 0 Å². The van der Waals surface area contributed by atoms with Crippen LogP contribution in [0, 0.1) is 0 Å². The van der Waals surface area contributed by atoms with E-state index in [1.807, 2.05) is 12.1 Å². The highest BCUT2D eigenvalue weighted by molar-refractivity contribution is 5.50. The van der Waals surface area contributed by atoms with E-state index in [4.69, 9.17) is 0 Å². The molecule has 0 fully saturated rings. The van der Waals surface area contributed by atoms with E-state index in [0.717, 1.165) is 24.3 Å². The third-order valence-electron chi connectivity index (χ3n) is 5.85. The molecule has 0 amide bonds. The minimum absolute atomic E-state index is 0.0578. The van der Waals surface area contributed by atoms with Crippen LogP contribution in [0.15, 0.2) is 72.8 Å². The first-order chi connectivity index (χ1) is 14.6. The zero-order valence-corrected chi connectivity index (χ0v) is 19.9. The number of aliphatic hydroxyl groups is 1. The lowest BCUT2D eigenvalue weighted by atomic mass is 9.86. The van der Waals surface area contributed by atoms with Gasteiger partial charge in [-0.25, -0.2) is 0 Å². The molecule has 2 nitrogen and oxygen atoms in total. The lowest BCUT2D eigenvalue weighted by Crippen LogP contribution is -2.22. The van der Waals surface area contributed by atoms with Crippen LogP contribution in [-0.2, 0) is 30.5 Å². The van der Waals surface area contributed by atoms with E-state index in [1.54, 1.807) is 0 Å². The Morgan fingerprint density at radius 2 is 1.06 bits per heavy atom. The van der Waals surface area contributed by atoms with Gasteiger partial charge in [0, 0.05) is 18.8 Å². The average Bonchev–Trinajstić information content (AvgIpc) is 2.73. The van der Waals surface area contributed by atoms with Gasteiger partial charge in [0.2, 0.25) is 0 Å². The summed E-state index contributed by atoms with van der Waals surface area (Å²) in [6.45, 7) is 15.2. The molecule has 0 unspecified atom stereocenters. The van der Waals surface area contributed by atoms with Gasteiger partial charge in [0.1, 0.15) is 0 Å². The average molecular weight is 416 g/mol. The smallest absolute Gasteiger partial charge is 0.0682 e. The quantitative estimate of drug-likeness (QED) is 0.469. The van der Waals surface area contributed by atoms with Gasteiger partial charge < -0.3 is 10.0 Å². The van der Waals surface area contributed by atoms with E-state index in [-0.39, 0.29) is 17.4 Å². The molecule has 0 bridgehead atoms. The summed E-state index contributed by atoms with van der Waals surface area (Å²) in [6.07, 6.45) is 0. The molecule has 0 atom stereocenters. The predicted molar refractivity (Wildman–Crippen MR) is 133 cm³/mol. The highest BCUT2D eigenvalue weighted by atomic mass is 16.3. The van der Waals surface area contributed by atoms with Crippen LogP contribution in [0.4, 0.5) is 5.69 Å². The topological polar surface area (TPSA) is 23.5 Å². The number of rotatable bonds is 6. The van der Waals surface area contributed by atoms with Gasteiger partial charge >= 0.3 is 0 Å². The van der Waals surface area contributed by atoms with Gasteiger partial charge in [0.05, 0.1) is 6.61 Å². The predicted octanol–water partition coefficient (Wildman–Crippen LogP) is 6.98. The Morgan fingerprint density at radius 3 is 1.45 bits per heavy atom. The maximum atomic E-state index is 9.62. The summed E-state index contributed by atoms with van der Waals surface area (Å²) in [5.41, 5.74) is 7.65. The molecule has 1 N–H and O–H groups in total. The molecule has 3 rings (SSSR count). The fourth-order valence-electron chi connectivity index (χ4n) is 3.75. The second kappa shape index (κ2) is 9.28. The van der Waals surface area contributed by atoms with Crippen LogP contribution in [0.5, 0.6) is 0 Å². The molecular weight excluding hydrogens is 378 g/mol. The molecular formula is C29H37NO. The fourth-order valence-corrected chi connectivity index (χ4v) is 3.75. The summed E-state index contributed by atoms with van der Waals surface area (Å²) < 4.78 is 0. The molecule has 0 aliphatic rings. The first-order valence-electron chi connectivity index (χ1n) is 11.2. The standard InChI is InChI=1S/C29H37NO/c1-28(2,3)25-14-10-22(11-15-25)19-30(27-9-7-8-24(18-27)21-31)20-23-12-16-26(17-13-23)29(4,5)6/h7-18,31H,19-21H2,1-6H3. The van der Waals surface area contributed by atoms with Gasteiger partial charge in [-0.1, -0.05) is 102 Å². The Bertz CT molecular complexity index is 913. The number of hydrogen-bond donors (Lipinski definition) is 1. The third kappa shape index (κ3) is 6.21. The summed E-state index contributed by atoms with van der Waals surface area (Å²) in [5.74, 6) is 0. The van der Waals surface area contributed by atoms with Crippen molar-refractivity contribution in [3.05, 3.63) is 101 Å². The molecule has 0 saturated carbocycles. The minimum Gasteiger partial charge on any atom is -0.392 e. The first-order valence-corrected chi connectivity index (χ1v) is 11.2. The molecule has 164 valence electrons. The number of hydrogen-bond acceptors (Lipinski definition) is 2. The van der Waals surface area contributed by atoms with Crippen molar-refractivity contribution < 1.29 is 5.11 Å². The molecule has 0 heterocycles. The van der Waals surface area contributed by atoms with Crippen molar-refractivity contribution in [2.24, 2.45) is 0 Å². The molecule has 2 heteroatoms. The van der Waals surface area contributed by atoms with E-state index in [2.05, 4.69) is 107 Å². The Hall–Kier alpha value is -2.58. The summed E-state index contributed by atoms with van der Waals surface area (Å²) in [6, 6.07) is 26.2. The zero-order valence-electron chi connectivity index (χ0n) is 19.9. The molecule has 31 heavy (non-hydrogen) atoms. The lowest BCUT2D eigenvalue weighted by Gasteiger charge is -2.27. The van der Waals surface area contributed by atoms with Crippen LogP contribution in [0.2, 0.25) is 0 Å². The maximum absolute atomic E-state index is 9.62. The highest BCUT2D eigenvalue weighted by Gasteiger charge is 2.16. The zero-order chi connectivity index (χ0) is 22.6. The summed E-state index contributed by atoms with van der Waals surface area (Å²) in [7, 11) is 0. The molecule has 0 saturated heterocycles. The van der Waals surface area contributed by atoms with Crippen LogP contribution in [0.25, 0.3) is 0 Å². The summed E-state index contributed by atoms with van der Waals surface area (Å²) >= 11 is 0. The fraction of sp³-hybridized carbons (Fsp3) is 0.379. The molecule has 3 aromatic rings. The molecule has 3 aromatic carbocycles. The van der Waals surface area contributed by atoms with Crippen LogP contribution >= 0.6 is 0 Å². The van der Waals surface area contributed by atoms with Crippen LogP contribution < -0.4 is 4.90 Å². The number of aliphatic hydroxyl groups excluding tert-OH is 1. The second-order valence-electron chi connectivity index (χ2n) is 10.6. The Kier molecular flexibility index (Phi) is 6.91. The lowest BCUT2D eigenvalue weighted by molar-refractivity contribution is 0.282. The van der Waals surface area contributed by atoms with E-state index in [0.29, 0.717) is 0 Å². The SMILES string of the molecule is CC(C)(C)c1ccc(CN(Cc2ccc(C(C)(C)C)cc2)c2cccc(CO)c2)cc1. The Balaban J connectivity index is 1.88. The van der Waals surface area contributed by atoms with Gasteiger partial charge in [-0.2, -0.15) is 0 Å². The monoisotopic (exact) mass is 415 g/mol. The summed E-state index contributed by atoms with van der Waals surface area (Å²) in [5, 5.41) is 9.62. The largest absolute Gasteiger partial charge is 0.392 e. The van der Waals surface area contributed by atoms with Crippen LogP contribution in [0.1, 0.15) is 69.4 Å². The molecule has 0 aromatic heterocycles. The molecule has 0 aliphatic heterocycles. The van der Waals surface area contributed by atoms with Gasteiger partial charge in [0.25, 0.3) is 0 Å². The van der Waals surface area contributed by atoms with Crippen molar-refractivity contribution in [3.63, 3.8) is 0 Å². The minimum atomic E-state index is 0.0578. The van der Waals surface area contributed by atoms with Crippen molar-refractivity contribution in [2.75, 3.05) is 4.90 Å². The van der Waals surface area contributed by atoms with E-state index in [9.17, 15) is 5.11 Å². The van der Waals surface area contributed by atoms with Crippen molar-refractivity contribution in [2.45, 2.75) is 72.1 Å². The van der Waals surface area contributed by atoms with Gasteiger partial charge in [-0.15, -0.1) is 0 Å². The first kappa shape index (κ1) is 23.1. The normalized spacial score (nSPS) is 12.1. The second-order valence-corrected chi connectivity index (χ2v) is 10.6. The van der Waals surface area contributed by atoms with Gasteiger partial charge in [-0.05, 0) is 50.8 Å². The Morgan fingerprint density at radius 1 is 0.613 bits per heavy atom. The van der Waals surface area contributed by atoms with Crippen molar-refractivity contribution in [3.8, 4) is 0 Å². The van der Waals surface area contributed by atoms with E-state index < -0.39 is 0 Å². The summed E-state index contributed by atoms with van der Waals surface area (Å²) in [4.78, 5) is 2.39. The highest BCUT2D eigenvalue weighted by Crippen LogP contribution is 2.26. The van der Waals surface area contributed by atoms with Crippen LogP contribution in [0.3, 0.4) is 0 Å². The van der Waals surface area contributed by atoms with Crippen molar-refractivity contribution >= 4 is 5.69 Å². The number of benzene rings is 3. The van der Waals surface area contributed by atoms with Crippen LogP contribution in [-0.4, -0.2) is 5.11 Å². The molecule has 0 spiro atoms. The maximum Gasteiger partial charge on any atom is 0.0682 e. The van der Waals surface area contributed by atoms with Gasteiger partial charge in [0.15, 0.2) is 0 Å². The number of anilines is 1. The van der Waals surface area contributed by atoms with Crippen molar-refractivity contribution in [1.82, 2.24) is 0 Å². The van der Waals surface area contributed by atoms with E-state index >= 15 is 0 Å².